The lowest BCUT2D eigenvalue weighted by Gasteiger charge is -2.27. The highest BCUT2D eigenvalue weighted by molar-refractivity contribution is 5.71. The Balaban J connectivity index is 1.48. The van der Waals surface area contributed by atoms with Crippen molar-refractivity contribution in [1.82, 2.24) is 0 Å². The third-order valence-electron chi connectivity index (χ3n) is 7.01. The van der Waals surface area contributed by atoms with Gasteiger partial charge < -0.3 is 4.74 Å². The minimum Gasteiger partial charge on any atom is -0.374 e. The van der Waals surface area contributed by atoms with Gasteiger partial charge in [0.15, 0.2) is 11.6 Å². The molecular weight excluding hydrogens is 445 g/mol. The van der Waals surface area contributed by atoms with Crippen LogP contribution in [-0.4, -0.2) is 12.7 Å². The average Bonchev–Trinajstić information content (AvgIpc) is 2.89. The third-order valence-corrected chi connectivity index (χ3v) is 7.01. The lowest BCUT2D eigenvalue weighted by Crippen LogP contribution is -2.23. The summed E-state index contributed by atoms with van der Waals surface area (Å²) in [6.07, 6.45) is 8.18. The van der Waals surface area contributed by atoms with Gasteiger partial charge in [-0.3, -0.25) is 0 Å². The molecule has 0 bridgehead atoms. The van der Waals surface area contributed by atoms with Crippen molar-refractivity contribution < 1.29 is 17.9 Å². The van der Waals surface area contributed by atoms with Crippen molar-refractivity contribution in [2.75, 3.05) is 6.61 Å². The minimum absolute atomic E-state index is 0.0371. The zero-order valence-corrected chi connectivity index (χ0v) is 20.3. The maximum Gasteiger partial charge on any atom is 0.166 e. The summed E-state index contributed by atoms with van der Waals surface area (Å²) in [7, 11) is 0. The zero-order valence-electron chi connectivity index (χ0n) is 20.3. The Hall–Kier alpha value is -2.85. The highest BCUT2D eigenvalue weighted by Crippen LogP contribution is 2.33. The Morgan fingerprint density at radius 3 is 2.26 bits per heavy atom. The van der Waals surface area contributed by atoms with Gasteiger partial charge in [0.1, 0.15) is 5.82 Å². The maximum atomic E-state index is 14.9. The predicted octanol–water partition coefficient (Wildman–Crippen LogP) is 9.01. The van der Waals surface area contributed by atoms with Gasteiger partial charge in [-0.05, 0) is 59.6 Å². The standard InChI is InChI=1S/C31H33F3O/c1-3-5-6-7-8-23-14-18-28(31(34)30(23)33)22-11-9-21(10-12-22)24-15-17-27(29(32)19-24)25-13-16-26(4-2)35-20-25/h4,9-12,14-15,17-19,25-26H,2-3,5-8,13,16,20H2,1H3. The zero-order chi connectivity index (χ0) is 24.8. The first-order valence-electron chi connectivity index (χ1n) is 12.6. The number of ether oxygens (including phenoxy) is 1. The van der Waals surface area contributed by atoms with Gasteiger partial charge in [-0.15, -0.1) is 6.58 Å². The highest BCUT2D eigenvalue weighted by atomic mass is 19.2. The second-order valence-corrected chi connectivity index (χ2v) is 9.41. The first-order valence-corrected chi connectivity index (χ1v) is 12.6. The van der Waals surface area contributed by atoms with Crippen molar-refractivity contribution in [2.45, 2.75) is 63.9 Å². The van der Waals surface area contributed by atoms with E-state index in [1.165, 1.54) is 6.07 Å². The van der Waals surface area contributed by atoms with Crippen molar-refractivity contribution in [3.8, 4) is 22.3 Å². The van der Waals surface area contributed by atoms with Gasteiger partial charge in [-0.25, -0.2) is 13.2 Å². The Bertz CT molecular complexity index is 1140. The summed E-state index contributed by atoms with van der Waals surface area (Å²) in [5.74, 6) is -1.78. The van der Waals surface area contributed by atoms with Crippen molar-refractivity contribution in [3.05, 3.63) is 95.8 Å². The van der Waals surface area contributed by atoms with Crippen LogP contribution in [0.2, 0.25) is 0 Å². The van der Waals surface area contributed by atoms with E-state index in [1.807, 2.05) is 24.3 Å². The van der Waals surface area contributed by atoms with Crippen LogP contribution in [0.15, 0.2) is 67.3 Å². The van der Waals surface area contributed by atoms with Crippen LogP contribution in [0.3, 0.4) is 0 Å². The SMILES string of the molecule is C=CC1CCC(c2ccc(-c3ccc(-c4ccc(CCCCCC)c(F)c4F)cc3)cc2F)CO1. The molecule has 1 heterocycles. The van der Waals surface area contributed by atoms with Gasteiger partial charge in [0.05, 0.1) is 12.7 Å². The van der Waals surface area contributed by atoms with Gasteiger partial charge in [0.25, 0.3) is 0 Å². The predicted molar refractivity (Wildman–Crippen MR) is 137 cm³/mol. The van der Waals surface area contributed by atoms with Gasteiger partial charge in [-0.2, -0.15) is 0 Å². The quantitative estimate of drug-likeness (QED) is 0.220. The fourth-order valence-corrected chi connectivity index (χ4v) is 4.83. The molecule has 4 rings (SSSR count). The second kappa shape index (κ2) is 11.7. The summed E-state index contributed by atoms with van der Waals surface area (Å²) < 4.78 is 50.2. The fourth-order valence-electron chi connectivity index (χ4n) is 4.83. The topological polar surface area (TPSA) is 9.23 Å². The van der Waals surface area contributed by atoms with E-state index in [4.69, 9.17) is 4.74 Å². The summed E-state index contributed by atoms with van der Waals surface area (Å²) in [5, 5.41) is 0. The van der Waals surface area contributed by atoms with E-state index < -0.39 is 11.6 Å². The third kappa shape index (κ3) is 5.87. The number of hydrogen-bond donors (Lipinski definition) is 0. The van der Waals surface area contributed by atoms with Gasteiger partial charge in [0.2, 0.25) is 0 Å². The molecule has 0 amide bonds. The maximum absolute atomic E-state index is 14.9. The van der Waals surface area contributed by atoms with E-state index in [0.717, 1.165) is 49.7 Å². The van der Waals surface area contributed by atoms with Crippen LogP contribution in [0.4, 0.5) is 13.2 Å². The number of hydrogen-bond acceptors (Lipinski definition) is 1. The van der Waals surface area contributed by atoms with Crippen LogP contribution in [0, 0.1) is 17.5 Å². The molecule has 0 spiro atoms. The molecule has 3 aromatic carbocycles. The van der Waals surface area contributed by atoms with Gasteiger partial charge >= 0.3 is 0 Å². The Morgan fingerprint density at radius 2 is 1.60 bits per heavy atom. The summed E-state index contributed by atoms with van der Waals surface area (Å²) in [6.45, 7) is 6.37. The molecular formula is C31H33F3O. The van der Waals surface area contributed by atoms with Crippen molar-refractivity contribution in [1.29, 1.82) is 0 Å². The number of unbranched alkanes of at least 4 members (excludes halogenated alkanes) is 3. The molecule has 1 saturated heterocycles. The Kier molecular flexibility index (Phi) is 8.46. The summed E-state index contributed by atoms with van der Waals surface area (Å²) in [5.41, 5.74) is 3.49. The highest BCUT2D eigenvalue weighted by Gasteiger charge is 2.23. The Morgan fingerprint density at radius 1 is 0.857 bits per heavy atom. The monoisotopic (exact) mass is 478 g/mol. The number of halogens is 3. The second-order valence-electron chi connectivity index (χ2n) is 9.41. The number of aryl methyl sites for hydroxylation is 1. The van der Waals surface area contributed by atoms with Gasteiger partial charge in [-0.1, -0.05) is 80.8 Å². The minimum atomic E-state index is -0.811. The van der Waals surface area contributed by atoms with Crippen LogP contribution in [0.5, 0.6) is 0 Å². The van der Waals surface area contributed by atoms with E-state index in [0.29, 0.717) is 29.7 Å². The van der Waals surface area contributed by atoms with Crippen LogP contribution < -0.4 is 0 Å². The number of benzene rings is 3. The smallest absolute Gasteiger partial charge is 0.166 e. The molecule has 35 heavy (non-hydrogen) atoms. The largest absolute Gasteiger partial charge is 0.374 e. The summed E-state index contributed by atoms with van der Waals surface area (Å²) >= 11 is 0. The molecule has 0 aromatic heterocycles. The summed E-state index contributed by atoms with van der Waals surface area (Å²) in [6, 6.07) is 15.8. The summed E-state index contributed by atoms with van der Waals surface area (Å²) in [4.78, 5) is 0. The molecule has 3 aromatic rings. The van der Waals surface area contributed by atoms with E-state index in [9.17, 15) is 13.2 Å². The lowest BCUT2D eigenvalue weighted by molar-refractivity contribution is 0.0321. The molecule has 1 aliphatic heterocycles. The van der Waals surface area contributed by atoms with Crippen molar-refractivity contribution >= 4 is 0 Å². The molecule has 1 fully saturated rings. The van der Waals surface area contributed by atoms with Crippen LogP contribution in [-0.2, 0) is 11.2 Å². The molecule has 0 aliphatic carbocycles. The molecule has 0 N–H and O–H groups in total. The van der Waals surface area contributed by atoms with E-state index in [2.05, 4.69) is 13.5 Å². The normalized spacial score (nSPS) is 17.9. The molecule has 4 heteroatoms. The fraction of sp³-hybridized carbons (Fsp3) is 0.355. The molecule has 1 nitrogen and oxygen atoms in total. The Labute approximate surface area is 206 Å². The molecule has 2 atom stereocenters. The average molecular weight is 479 g/mol. The van der Waals surface area contributed by atoms with Crippen LogP contribution >= 0.6 is 0 Å². The van der Waals surface area contributed by atoms with Crippen molar-refractivity contribution in [3.63, 3.8) is 0 Å². The molecule has 2 unspecified atom stereocenters. The number of rotatable bonds is 9. The van der Waals surface area contributed by atoms with E-state index >= 15 is 0 Å². The van der Waals surface area contributed by atoms with E-state index in [1.54, 1.807) is 30.3 Å². The first kappa shape index (κ1) is 25.2. The molecule has 0 saturated carbocycles. The van der Waals surface area contributed by atoms with E-state index in [-0.39, 0.29) is 23.4 Å². The van der Waals surface area contributed by atoms with Crippen LogP contribution in [0.25, 0.3) is 22.3 Å². The molecule has 1 aliphatic rings. The molecule has 184 valence electrons. The van der Waals surface area contributed by atoms with Gasteiger partial charge in [0, 0.05) is 11.5 Å². The van der Waals surface area contributed by atoms with Crippen LogP contribution in [0.1, 0.15) is 62.5 Å². The van der Waals surface area contributed by atoms with Crippen molar-refractivity contribution in [2.24, 2.45) is 0 Å². The molecule has 0 radical (unpaired) electrons. The first-order chi connectivity index (χ1) is 17.0. The lowest BCUT2D eigenvalue weighted by atomic mass is 9.89.